The highest BCUT2D eigenvalue weighted by atomic mass is 16.5. The van der Waals surface area contributed by atoms with Gasteiger partial charge in [0.15, 0.2) is 0 Å². The standard InChI is InChI=1S/C66H38O2/c1-3-18-45-39(12-1)14-7-21-47(45)42-29-33-56-57(36-42)63(44-30-31-50-51-23-9-16-41-17-10-26-60(64(41)51)68-62(50)38-44)55-32-28-43(48-22-8-15-40-13-2-4-19-46(40)48)37-58(55)65(56)54-35-34-53-49-20-5-6-25-59(49)67-61-27-11-24-52(54)66(53)61/h1-38H. The van der Waals surface area contributed by atoms with E-state index in [1.54, 1.807) is 0 Å². The molecule has 0 aromatic heterocycles. The third-order valence-electron chi connectivity index (χ3n) is 14.6. The lowest BCUT2D eigenvalue weighted by molar-refractivity contribution is 0.487. The van der Waals surface area contributed by atoms with Crippen molar-refractivity contribution in [1.29, 1.82) is 0 Å². The lowest BCUT2D eigenvalue weighted by atomic mass is 9.81. The lowest BCUT2D eigenvalue weighted by Gasteiger charge is -2.25. The number of hydrogen-bond donors (Lipinski definition) is 0. The smallest absolute Gasteiger partial charge is 0.135 e. The van der Waals surface area contributed by atoms with Crippen LogP contribution in [0.3, 0.4) is 0 Å². The summed E-state index contributed by atoms with van der Waals surface area (Å²) in [7, 11) is 0. The van der Waals surface area contributed by atoms with Gasteiger partial charge < -0.3 is 9.47 Å². The summed E-state index contributed by atoms with van der Waals surface area (Å²) in [5.41, 5.74) is 14.0. The van der Waals surface area contributed by atoms with Crippen molar-refractivity contribution in [2.75, 3.05) is 0 Å². The predicted molar refractivity (Wildman–Crippen MR) is 284 cm³/mol. The molecule has 0 spiro atoms. The molecule has 68 heavy (non-hydrogen) atoms. The Morgan fingerprint density at radius 2 is 0.662 bits per heavy atom. The zero-order valence-corrected chi connectivity index (χ0v) is 36.8. The molecule has 314 valence electrons. The minimum absolute atomic E-state index is 0.862. The van der Waals surface area contributed by atoms with Gasteiger partial charge in [-0.05, 0) is 152 Å². The van der Waals surface area contributed by atoms with Crippen molar-refractivity contribution in [3.8, 4) is 89.8 Å². The average molecular weight is 863 g/mol. The first-order valence-electron chi connectivity index (χ1n) is 23.4. The SMILES string of the molecule is c1ccc2c(c1)Oc1cccc3c(-c4c5ccc(-c6cccc7ccccc67)cc5c(-c5ccc6c(c5)Oc5cccc7cccc-6c57)c5ccc(-c6cccc7ccccc67)cc45)ccc-2c13. The second kappa shape index (κ2) is 14.3. The van der Waals surface area contributed by atoms with Crippen LogP contribution in [0.5, 0.6) is 23.0 Å². The van der Waals surface area contributed by atoms with Gasteiger partial charge in [0.1, 0.15) is 23.0 Å². The van der Waals surface area contributed by atoms with E-state index in [0.29, 0.717) is 0 Å². The maximum atomic E-state index is 6.89. The van der Waals surface area contributed by atoms with Crippen LogP contribution in [0.1, 0.15) is 0 Å². The third kappa shape index (κ3) is 5.40. The fourth-order valence-corrected chi connectivity index (χ4v) is 11.6. The number of benzene rings is 13. The fourth-order valence-electron chi connectivity index (χ4n) is 11.6. The van der Waals surface area contributed by atoms with Crippen LogP contribution in [0.15, 0.2) is 231 Å². The summed E-state index contributed by atoms with van der Waals surface area (Å²) in [6.07, 6.45) is 0. The second-order valence-corrected chi connectivity index (χ2v) is 18.2. The molecule has 0 unspecified atom stereocenters. The van der Waals surface area contributed by atoms with Crippen LogP contribution in [0.25, 0.3) is 131 Å². The quantitative estimate of drug-likeness (QED) is 0.164. The van der Waals surface area contributed by atoms with Gasteiger partial charge in [-0.1, -0.05) is 188 Å². The minimum Gasteiger partial charge on any atom is -0.456 e. The van der Waals surface area contributed by atoms with Gasteiger partial charge >= 0.3 is 0 Å². The van der Waals surface area contributed by atoms with Crippen molar-refractivity contribution >= 4 is 64.6 Å². The van der Waals surface area contributed by atoms with Gasteiger partial charge in [-0.3, -0.25) is 0 Å². The Balaban J connectivity index is 1.08. The Kier molecular flexibility index (Phi) is 7.81. The van der Waals surface area contributed by atoms with Crippen LogP contribution in [-0.4, -0.2) is 0 Å². The Morgan fingerprint density at radius 1 is 0.206 bits per heavy atom. The molecule has 0 radical (unpaired) electrons. The molecule has 2 aliphatic rings. The van der Waals surface area contributed by atoms with Crippen LogP contribution in [0.2, 0.25) is 0 Å². The predicted octanol–water partition coefficient (Wildman–Crippen LogP) is 18.8. The summed E-state index contributed by atoms with van der Waals surface area (Å²) in [5, 5.41) is 14.3. The van der Waals surface area contributed by atoms with Gasteiger partial charge in [0, 0.05) is 21.9 Å². The first-order chi connectivity index (χ1) is 33.7. The monoisotopic (exact) mass is 862 g/mol. The van der Waals surface area contributed by atoms with E-state index in [4.69, 9.17) is 9.47 Å². The van der Waals surface area contributed by atoms with Gasteiger partial charge in [-0.2, -0.15) is 0 Å². The van der Waals surface area contributed by atoms with Crippen LogP contribution in [0.4, 0.5) is 0 Å². The van der Waals surface area contributed by atoms with Gasteiger partial charge in [-0.25, -0.2) is 0 Å². The number of ether oxygens (including phenoxy) is 2. The van der Waals surface area contributed by atoms with Crippen LogP contribution < -0.4 is 9.47 Å². The first-order valence-corrected chi connectivity index (χ1v) is 23.4. The highest BCUT2D eigenvalue weighted by Crippen LogP contribution is 2.54. The van der Waals surface area contributed by atoms with Gasteiger partial charge in [0.25, 0.3) is 0 Å². The van der Waals surface area contributed by atoms with Crippen molar-refractivity contribution in [3.63, 3.8) is 0 Å². The van der Waals surface area contributed by atoms with Crippen LogP contribution in [0, 0.1) is 0 Å². The largest absolute Gasteiger partial charge is 0.456 e. The normalized spacial score (nSPS) is 12.4. The average Bonchev–Trinajstić information content (AvgIpc) is 3.40. The highest BCUT2D eigenvalue weighted by molar-refractivity contribution is 6.26. The molecule has 0 saturated carbocycles. The minimum atomic E-state index is 0.862. The van der Waals surface area contributed by atoms with Crippen molar-refractivity contribution < 1.29 is 9.47 Å². The van der Waals surface area contributed by atoms with E-state index in [1.165, 1.54) is 98.5 Å². The van der Waals surface area contributed by atoms with Crippen molar-refractivity contribution in [2.45, 2.75) is 0 Å². The molecule has 2 heterocycles. The van der Waals surface area contributed by atoms with Crippen molar-refractivity contribution in [3.05, 3.63) is 231 Å². The second-order valence-electron chi connectivity index (χ2n) is 18.2. The molecule has 0 fully saturated rings. The van der Waals surface area contributed by atoms with Crippen molar-refractivity contribution in [1.82, 2.24) is 0 Å². The summed E-state index contributed by atoms with van der Waals surface area (Å²) in [6, 6.07) is 84.3. The van der Waals surface area contributed by atoms with Crippen molar-refractivity contribution in [2.24, 2.45) is 0 Å². The van der Waals surface area contributed by atoms with Gasteiger partial charge in [0.05, 0.1) is 0 Å². The molecule has 2 heteroatoms. The maximum Gasteiger partial charge on any atom is 0.135 e. The van der Waals surface area contributed by atoms with E-state index in [1.807, 2.05) is 6.07 Å². The summed E-state index contributed by atoms with van der Waals surface area (Å²) in [5.74, 6) is 3.51. The molecule has 0 aliphatic carbocycles. The number of fused-ring (bicyclic) bond motifs is 8. The molecule has 0 N–H and O–H groups in total. The van der Waals surface area contributed by atoms with E-state index in [0.717, 1.165) is 55.8 Å². The summed E-state index contributed by atoms with van der Waals surface area (Å²) < 4.78 is 13.6. The topological polar surface area (TPSA) is 18.5 Å². The Hall–Kier alpha value is -8.98. The Bertz CT molecular complexity index is 4310. The maximum absolute atomic E-state index is 6.89. The highest BCUT2D eigenvalue weighted by Gasteiger charge is 2.26. The molecule has 0 bridgehead atoms. The Labute approximate surface area is 392 Å². The number of hydrogen-bond acceptors (Lipinski definition) is 2. The molecular formula is C66H38O2. The zero-order valence-electron chi connectivity index (χ0n) is 36.8. The van der Waals surface area contributed by atoms with E-state index < -0.39 is 0 Å². The summed E-state index contributed by atoms with van der Waals surface area (Å²) >= 11 is 0. The zero-order chi connectivity index (χ0) is 44.5. The molecule has 15 rings (SSSR count). The van der Waals surface area contributed by atoms with E-state index >= 15 is 0 Å². The first kappa shape index (κ1) is 37.3. The molecule has 13 aromatic carbocycles. The van der Waals surface area contributed by atoms with E-state index in [2.05, 4.69) is 224 Å². The summed E-state index contributed by atoms with van der Waals surface area (Å²) in [4.78, 5) is 0. The number of para-hydroxylation sites is 1. The molecular weight excluding hydrogens is 825 g/mol. The molecule has 13 aromatic rings. The number of rotatable bonds is 4. The molecule has 2 aliphatic heterocycles. The molecule has 0 atom stereocenters. The van der Waals surface area contributed by atoms with Gasteiger partial charge in [-0.15, -0.1) is 0 Å². The molecule has 2 nitrogen and oxygen atoms in total. The lowest BCUT2D eigenvalue weighted by Crippen LogP contribution is -1.99. The van der Waals surface area contributed by atoms with E-state index in [9.17, 15) is 0 Å². The van der Waals surface area contributed by atoms with Crippen LogP contribution >= 0.6 is 0 Å². The third-order valence-corrected chi connectivity index (χ3v) is 14.6. The van der Waals surface area contributed by atoms with Crippen LogP contribution in [-0.2, 0) is 0 Å². The van der Waals surface area contributed by atoms with E-state index in [-0.39, 0.29) is 0 Å². The molecule has 0 amide bonds. The van der Waals surface area contributed by atoms with Gasteiger partial charge in [0.2, 0.25) is 0 Å². The fraction of sp³-hybridized carbons (Fsp3) is 0. The summed E-state index contributed by atoms with van der Waals surface area (Å²) in [6.45, 7) is 0. The Morgan fingerprint density at radius 3 is 1.41 bits per heavy atom. The molecule has 0 saturated heterocycles.